The van der Waals surface area contributed by atoms with E-state index in [9.17, 15) is 4.79 Å². The Morgan fingerprint density at radius 2 is 2.23 bits per heavy atom. The standard InChI is InChI=1S/C10H18O2S/c1-4-5-7-13-8-6-9(2)10(11)12-3/h6H,4-5,7-8H2,1-3H3. The van der Waals surface area contributed by atoms with Gasteiger partial charge >= 0.3 is 5.97 Å². The van der Waals surface area contributed by atoms with Crippen LogP contribution in [0.15, 0.2) is 11.6 Å². The summed E-state index contributed by atoms with van der Waals surface area (Å²) in [5, 5.41) is 0. The number of hydrogen-bond acceptors (Lipinski definition) is 3. The van der Waals surface area contributed by atoms with Gasteiger partial charge in [0, 0.05) is 11.3 Å². The summed E-state index contributed by atoms with van der Waals surface area (Å²) in [4.78, 5) is 10.9. The topological polar surface area (TPSA) is 26.3 Å². The van der Waals surface area contributed by atoms with Crippen LogP contribution in [0.4, 0.5) is 0 Å². The SMILES string of the molecule is CCCCSCC=C(C)C(=O)OC. The molecule has 0 fully saturated rings. The molecule has 0 aliphatic heterocycles. The van der Waals surface area contributed by atoms with E-state index in [-0.39, 0.29) is 5.97 Å². The minimum atomic E-state index is -0.226. The summed E-state index contributed by atoms with van der Waals surface area (Å²) in [6.07, 6.45) is 4.40. The number of thioether (sulfide) groups is 1. The summed E-state index contributed by atoms with van der Waals surface area (Å²) in [5.74, 6) is 1.85. The Morgan fingerprint density at radius 1 is 1.54 bits per heavy atom. The molecule has 3 heteroatoms. The Kier molecular flexibility index (Phi) is 7.90. The van der Waals surface area contributed by atoms with Crippen molar-refractivity contribution in [2.24, 2.45) is 0 Å². The van der Waals surface area contributed by atoms with Crippen LogP contribution in [0.25, 0.3) is 0 Å². The highest BCUT2D eigenvalue weighted by atomic mass is 32.2. The van der Waals surface area contributed by atoms with Crippen molar-refractivity contribution in [2.75, 3.05) is 18.6 Å². The maximum atomic E-state index is 10.9. The lowest BCUT2D eigenvalue weighted by atomic mass is 10.3. The van der Waals surface area contributed by atoms with E-state index < -0.39 is 0 Å². The molecule has 76 valence electrons. The van der Waals surface area contributed by atoms with Crippen LogP contribution < -0.4 is 0 Å². The number of esters is 1. The highest BCUT2D eigenvalue weighted by molar-refractivity contribution is 7.99. The van der Waals surface area contributed by atoms with Crippen LogP contribution in [-0.4, -0.2) is 24.6 Å². The van der Waals surface area contributed by atoms with E-state index in [0.29, 0.717) is 5.57 Å². The monoisotopic (exact) mass is 202 g/mol. The molecule has 0 aromatic heterocycles. The quantitative estimate of drug-likeness (QED) is 0.376. The zero-order valence-electron chi connectivity index (χ0n) is 8.63. The zero-order valence-corrected chi connectivity index (χ0v) is 9.45. The number of unbranched alkanes of at least 4 members (excludes halogenated alkanes) is 1. The second-order valence-corrected chi connectivity index (χ2v) is 3.96. The van der Waals surface area contributed by atoms with Crippen LogP contribution in [-0.2, 0) is 9.53 Å². The van der Waals surface area contributed by atoms with Gasteiger partial charge in [0.2, 0.25) is 0 Å². The number of rotatable bonds is 6. The second kappa shape index (κ2) is 8.17. The summed E-state index contributed by atoms with van der Waals surface area (Å²) < 4.78 is 4.57. The van der Waals surface area contributed by atoms with Crippen molar-refractivity contribution in [3.63, 3.8) is 0 Å². The smallest absolute Gasteiger partial charge is 0.333 e. The first-order valence-electron chi connectivity index (χ1n) is 4.55. The Balaban J connectivity index is 3.53. The van der Waals surface area contributed by atoms with Gasteiger partial charge in [-0.1, -0.05) is 19.4 Å². The van der Waals surface area contributed by atoms with Gasteiger partial charge in [-0.25, -0.2) is 4.79 Å². The van der Waals surface area contributed by atoms with Crippen LogP contribution in [0.3, 0.4) is 0 Å². The number of methoxy groups -OCH3 is 1. The van der Waals surface area contributed by atoms with Crippen molar-refractivity contribution in [3.05, 3.63) is 11.6 Å². The predicted molar refractivity (Wildman–Crippen MR) is 58.0 cm³/mol. The van der Waals surface area contributed by atoms with Crippen molar-refractivity contribution in [2.45, 2.75) is 26.7 Å². The fourth-order valence-electron chi connectivity index (χ4n) is 0.758. The maximum absolute atomic E-state index is 10.9. The van der Waals surface area contributed by atoms with Gasteiger partial charge in [-0.15, -0.1) is 0 Å². The van der Waals surface area contributed by atoms with Gasteiger partial charge in [0.1, 0.15) is 0 Å². The van der Waals surface area contributed by atoms with Gasteiger partial charge < -0.3 is 4.74 Å². The zero-order chi connectivity index (χ0) is 10.1. The molecule has 0 unspecified atom stereocenters. The lowest BCUT2D eigenvalue weighted by Crippen LogP contribution is -2.01. The number of carbonyl (C=O) groups is 1. The van der Waals surface area contributed by atoms with Gasteiger partial charge in [0.25, 0.3) is 0 Å². The van der Waals surface area contributed by atoms with Crippen molar-refractivity contribution < 1.29 is 9.53 Å². The molecule has 0 spiro atoms. The largest absolute Gasteiger partial charge is 0.466 e. The first kappa shape index (κ1) is 12.6. The maximum Gasteiger partial charge on any atom is 0.333 e. The molecule has 0 saturated heterocycles. The fraction of sp³-hybridized carbons (Fsp3) is 0.700. The van der Waals surface area contributed by atoms with Crippen molar-refractivity contribution >= 4 is 17.7 Å². The van der Waals surface area contributed by atoms with Gasteiger partial charge in [-0.05, 0) is 19.1 Å². The first-order chi connectivity index (χ1) is 6.22. The molecule has 0 atom stereocenters. The molecule has 0 N–H and O–H groups in total. The molecule has 0 amide bonds. The van der Waals surface area contributed by atoms with E-state index in [0.717, 1.165) is 5.75 Å². The summed E-state index contributed by atoms with van der Waals surface area (Å²) in [6.45, 7) is 3.96. The van der Waals surface area contributed by atoms with Crippen LogP contribution in [0.5, 0.6) is 0 Å². The molecule has 0 rings (SSSR count). The minimum absolute atomic E-state index is 0.226. The number of carbonyl (C=O) groups excluding carboxylic acids is 1. The lowest BCUT2D eigenvalue weighted by molar-refractivity contribution is -0.136. The average Bonchev–Trinajstić information content (AvgIpc) is 2.16. The van der Waals surface area contributed by atoms with Crippen molar-refractivity contribution in [1.82, 2.24) is 0 Å². The Bertz CT molecular complexity index is 176. The highest BCUT2D eigenvalue weighted by Gasteiger charge is 2.00. The van der Waals surface area contributed by atoms with E-state index in [1.807, 2.05) is 17.8 Å². The molecular weight excluding hydrogens is 184 g/mol. The van der Waals surface area contributed by atoms with Gasteiger partial charge in [0.05, 0.1) is 7.11 Å². The van der Waals surface area contributed by atoms with Crippen molar-refractivity contribution in [1.29, 1.82) is 0 Å². The first-order valence-corrected chi connectivity index (χ1v) is 5.70. The molecule has 0 heterocycles. The van der Waals surface area contributed by atoms with Gasteiger partial charge in [0.15, 0.2) is 0 Å². The predicted octanol–water partition coefficient (Wildman–Crippen LogP) is 2.64. The summed E-state index contributed by atoms with van der Waals surface area (Å²) in [5.41, 5.74) is 0.700. The molecule has 0 aromatic carbocycles. The second-order valence-electron chi connectivity index (χ2n) is 2.81. The summed E-state index contributed by atoms with van der Waals surface area (Å²) in [6, 6.07) is 0. The summed E-state index contributed by atoms with van der Waals surface area (Å²) >= 11 is 1.85. The number of ether oxygens (including phenoxy) is 1. The average molecular weight is 202 g/mol. The normalized spacial score (nSPS) is 11.5. The third-order valence-corrected chi connectivity index (χ3v) is 2.64. The number of hydrogen-bond donors (Lipinski definition) is 0. The van der Waals surface area contributed by atoms with Gasteiger partial charge in [-0.2, -0.15) is 11.8 Å². The Morgan fingerprint density at radius 3 is 2.77 bits per heavy atom. The van der Waals surface area contributed by atoms with Crippen molar-refractivity contribution in [3.8, 4) is 0 Å². The molecule has 0 aliphatic rings. The third-order valence-electron chi connectivity index (χ3n) is 1.66. The van der Waals surface area contributed by atoms with Crippen LogP contribution in [0.2, 0.25) is 0 Å². The highest BCUT2D eigenvalue weighted by Crippen LogP contribution is 2.06. The molecular formula is C10H18O2S. The molecule has 0 aliphatic carbocycles. The third kappa shape index (κ3) is 6.70. The molecule has 0 bridgehead atoms. The van der Waals surface area contributed by atoms with Crippen LogP contribution >= 0.6 is 11.8 Å². The Labute approximate surface area is 84.7 Å². The van der Waals surface area contributed by atoms with Crippen LogP contribution in [0.1, 0.15) is 26.7 Å². The minimum Gasteiger partial charge on any atom is -0.466 e. The van der Waals surface area contributed by atoms with E-state index in [2.05, 4.69) is 11.7 Å². The van der Waals surface area contributed by atoms with E-state index in [1.165, 1.54) is 25.7 Å². The van der Waals surface area contributed by atoms with E-state index >= 15 is 0 Å². The fourth-order valence-corrected chi connectivity index (χ4v) is 1.79. The molecule has 0 radical (unpaired) electrons. The molecule has 0 aromatic rings. The Hall–Kier alpha value is -0.440. The van der Waals surface area contributed by atoms with E-state index in [4.69, 9.17) is 0 Å². The summed E-state index contributed by atoms with van der Waals surface area (Å²) in [7, 11) is 1.41. The lowest BCUT2D eigenvalue weighted by Gasteiger charge is -1.98. The molecule has 2 nitrogen and oxygen atoms in total. The van der Waals surface area contributed by atoms with E-state index in [1.54, 1.807) is 6.92 Å². The molecule has 0 saturated carbocycles. The molecule has 13 heavy (non-hydrogen) atoms. The van der Waals surface area contributed by atoms with Crippen LogP contribution in [0, 0.1) is 0 Å². The van der Waals surface area contributed by atoms with Gasteiger partial charge in [-0.3, -0.25) is 0 Å².